The Morgan fingerprint density at radius 3 is 2.17 bits per heavy atom. The van der Waals surface area contributed by atoms with Crippen LogP contribution >= 0.6 is 11.8 Å². The normalized spacial score (nSPS) is 10.5. The van der Waals surface area contributed by atoms with Crippen molar-refractivity contribution < 1.29 is 14.3 Å². The number of benzene rings is 3. The van der Waals surface area contributed by atoms with Crippen molar-refractivity contribution in [3.05, 3.63) is 119 Å². The van der Waals surface area contributed by atoms with Crippen molar-refractivity contribution >= 4 is 23.6 Å². The van der Waals surface area contributed by atoms with Crippen molar-refractivity contribution in [3.63, 3.8) is 0 Å². The first-order chi connectivity index (χ1) is 17.5. The molecule has 0 fully saturated rings. The van der Waals surface area contributed by atoms with E-state index >= 15 is 0 Å². The van der Waals surface area contributed by atoms with Crippen molar-refractivity contribution in [2.45, 2.75) is 31.4 Å². The number of nitrogens with zero attached hydrogens (tertiary/aromatic N) is 2. The van der Waals surface area contributed by atoms with Gasteiger partial charge in [0, 0.05) is 33.8 Å². The molecule has 0 saturated carbocycles. The molecule has 0 aliphatic carbocycles. The first kappa shape index (κ1) is 24.9. The maximum absolute atomic E-state index is 12.7. The van der Waals surface area contributed by atoms with Gasteiger partial charge in [0.25, 0.3) is 11.8 Å². The Bertz CT molecular complexity index is 1320. The molecule has 36 heavy (non-hydrogen) atoms. The molecule has 0 atom stereocenters. The van der Waals surface area contributed by atoms with Crippen LogP contribution in [0.3, 0.4) is 0 Å². The lowest BCUT2D eigenvalue weighted by molar-refractivity contribution is 0.0845. The first-order valence-electron chi connectivity index (χ1n) is 11.4. The SMILES string of the molecule is Cc1cc(C)nc(SCc2ccc(C(=O)NNC(=O)c3ccccc3COc3ccccc3)cc2)n1. The van der Waals surface area contributed by atoms with Gasteiger partial charge in [0.05, 0.1) is 0 Å². The number of rotatable bonds is 8. The average molecular weight is 499 g/mol. The van der Waals surface area contributed by atoms with Crippen molar-refractivity contribution in [1.29, 1.82) is 0 Å². The van der Waals surface area contributed by atoms with Gasteiger partial charge in [0.1, 0.15) is 12.4 Å². The lowest BCUT2D eigenvalue weighted by Gasteiger charge is -2.12. The third-order valence-corrected chi connectivity index (χ3v) is 6.15. The van der Waals surface area contributed by atoms with Gasteiger partial charge in [-0.1, -0.05) is 60.3 Å². The second-order valence-electron chi connectivity index (χ2n) is 8.09. The third-order valence-electron chi connectivity index (χ3n) is 5.23. The number of hydrazine groups is 1. The topological polar surface area (TPSA) is 93.2 Å². The Morgan fingerprint density at radius 1 is 0.806 bits per heavy atom. The highest BCUT2D eigenvalue weighted by molar-refractivity contribution is 7.98. The van der Waals surface area contributed by atoms with Crippen LogP contribution in [0, 0.1) is 13.8 Å². The van der Waals surface area contributed by atoms with E-state index in [1.165, 1.54) is 0 Å². The molecule has 0 saturated heterocycles. The molecule has 0 spiro atoms. The molecule has 7 nitrogen and oxygen atoms in total. The smallest absolute Gasteiger partial charge is 0.270 e. The predicted molar refractivity (Wildman–Crippen MR) is 140 cm³/mol. The first-order valence-corrected chi connectivity index (χ1v) is 12.4. The molecule has 2 N–H and O–H groups in total. The van der Waals surface area contributed by atoms with Crippen LogP contribution in [0.5, 0.6) is 5.75 Å². The van der Waals surface area contributed by atoms with E-state index in [2.05, 4.69) is 20.8 Å². The lowest BCUT2D eigenvalue weighted by atomic mass is 10.1. The highest BCUT2D eigenvalue weighted by Crippen LogP contribution is 2.20. The summed E-state index contributed by atoms with van der Waals surface area (Å²) in [5.74, 6) is 0.572. The number of amides is 2. The standard InChI is InChI=1S/C28H26N4O3S/c1-19-16-20(2)30-28(29-19)36-18-21-12-14-22(15-13-21)26(33)31-32-27(34)25-11-7-6-8-23(25)17-35-24-9-4-3-5-10-24/h3-16H,17-18H2,1-2H3,(H,31,33)(H,32,34). The van der Waals surface area contributed by atoms with Gasteiger partial charge in [-0.15, -0.1) is 0 Å². The van der Waals surface area contributed by atoms with Crippen molar-refractivity contribution in [2.75, 3.05) is 0 Å². The van der Waals surface area contributed by atoms with Crippen molar-refractivity contribution in [3.8, 4) is 5.75 Å². The van der Waals surface area contributed by atoms with Gasteiger partial charge in [-0.3, -0.25) is 20.4 Å². The van der Waals surface area contributed by atoms with Gasteiger partial charge < -0.3 is 4.74 Å². The minimum absolute atomic E-state index is 0.230. The quantitative estimate of drug-likeness (QED) is 0.201. The van der Waals surface area contributed by atoms with Gasteiger partial charge in [-0.2, -0.15) is 0 Å². The fraction of sp³-hybridized carbons (Fsp3) is 0.143. The molecule has 182 valence electrons. The maximum Gasteiger partial charge on any atom is 0.270 e. The average Bonchev–Trinajstić information content (AvgIpc) is 2.90. The minimum Gasteiger partial charge on any atom is -0.489 e. The molecule has 8 heteroatoms. The Balaban J connectivity index is 1.30. The Morgan fingerprint density at radius 2 is 1.44 bits per heavy atom. The molecule has 0 bridgehead atoms. The molecule has 3 aromatic carbocycles. The zero-order valence-electron chi connectivity index (χ0n) is 20.0. The molecule has 1 heterocycles. The number of carbonyl (C=O) groups is 2. The third kappa shape index (κ3) is 6.93. The number of hydrogen-bond donors (Lipinski definition) is 2. The minimum atomic E-state index is -0.419. The number of ether oxygens (including phenoxy) is 1. The van der Waals surface area contributed by atoms with E-state index < -0.39 is 11.8 Å². The zero-order valence-corrected chi connectivity index (χ0v) is 20.8. The molecular formula is C28H26N4O3S. The fourth-order valence-corrected chi connectivity index (χ4v) is 4.36. The molecule has 4 aromatic rings. The summed E-state index contributed by atoms with van der Waals surface area (Å²) < 4.78 is 5.77. The van der Waals surface area contributed by atoms with Gasteiger partial charge >= 0.3 is 0 Å². The number of para-hydroxylation sites is 1. The Hall–Kier alpha value is -4.17. The van der Waals surface area contributed by atoms with E-state index in [1.807, 2.05) is 74.5 Å². The van der Waals surface area contributed by atoms with E-state index in [9.17, 15) is 9.59 Å². The van der Waals surface area contributed by atoms with E-state index in [-0.39, 0.29) is 6.61 Å². The summed E-state index contributed by atoms with van der Waals surface area (Å²) >= 11 is 1.54. The summed E-state index contributed by atoms with van der Waals surface area (Å²) in [6, 6.07) is 25.6. The molecular weight excluding hydrogens is 472 g/mol. The number of hydrogen-bond acceptors (Lipinski definition) is 6. The van der Waals surface area contributed by atoms with E-state index in [4.69, 9.17) is 4.74 Å². The van der Waals surface area contributed by atoms with Gasteiger partial charge in [-0.25, -0.2) is 9.97 Å². The summed E-state index contributed by atoms with van der Waals surface area (Å²) in [4.78, 5) is 34.2. The number of nitrogens with one attached hydrogen (secondary N) is 2. The molecule has 0 aliphatic rings. The Labute approximate surface area is 214 Å². The molecule has 0 unspecified atom stereocenters. The fourth-order valence-electron chi connectivity index (χ4n) is 3.46. The van der Waals surface area contributed by atoms with E-state index in [0.29, 0.717) is 28.2 Å². The lowest BCUT2D eigenvalue weighted by Crippen LogP contribution is -2.42. The van der Waals surface area contributed by atoms with Crippen LogP contribution in [0.2, 0.25) is 0 Å². The van der Waals surface area contributed by atoms with Crippen molar-refractivity contribution in [2.24, 2.45) is 0 Å². The maximum atomic E-state index is 12.7. The largest absolute Gasteiger partial charge is 0.489 e. The van der Waals surface area contributed by atoms with Crippen LogP contribution in [0.15, 0.2) is 90.1 Å². The van der Waals surface area contributed by atoms with Crippen LogP contribution in [0.4, 0.5) is 0 Å². The van der Waals surface area contributed by atoms with Gasteiger partial charge in [-0.05, 0) is 55.8 Å². The zero-order chi connectivity index (χ0) is 25.3. The summed E-state index contributed by atoms with van der Waals surface area (Å²) in [5, 5.41) is 0.728. The summed E-state index contributed by atoms with van der Waals surface area (Å²) in [7, 11) is 0. The van der Waals surface area contributed by atoms with Gasteiger partial charge in [0.2, 0.25) is 0 Å². The number of aromatic nitrogens is 2. The highest BCUT2D eigenvalue weighted by Gasteiger charge is 2.13. The van der Waals surface area contributed by atoms with Crippen molar-refractivity contribution in [1.82, 2.24) is 20.8 Å². The predicted octanol–water partition coefficient (Wildman–Crippen LogP) is 5.04. The van der Waals surface area contributed by atoms with Crippen LogP contribution in [0.25, 0.3) is 0 Å². The van der Waals surface area contributed by atoms with E-state index in [0.717, 1.165) is 22.1 Å². The van der Waals surface area contributed by atoms with Crippen LogP contribution < -0.4 is 15.6 Å². The number of aryl methyl sites for hydroxylation is 2. The second-order valence-corrected chi connectivity index (χ2v) is 9.03. The summed E-state index contributed by atoms with van der Waals surface area (Å²) in [6.07, 6.45) is 0. The van der Waals surface area contributed by atoms with Gasteiger partial charge in [0.15, 0.2) is 5.16 Å². The summed E-state index contributed by atoms with van der Waals surface area (Å²) in [6.45, 7) is 4.12. The second kappa shape index (κ2) is 12.0. The number of thioether (sulfide) groups is 1. The highest BCUT2D eigenvalue weighted by atomic mass is 32.2. The summed E-state index contributed by atoms with van der Waals surface area (Å²) in [5.41, 5.74) is 9.46. The van der Waals surface area contributed by atoms with Crippen LogP contribution in [-0.4, -0.2) is 21.8 Å². The molecule has 2 amide bonds. The molecule has 1 aromatic heterocycles. The number of carbonyl (C=O) groups excluding carboxylic acids is 2. The molecule has 0 aliphatic heterocycles. The van der Waals surface area contributed by atoms with Crippen LogP contribution in [-0.2, 0) is 12.4 Å². The van der Waals surface area contributed by atoms with E-state index in [1.54, 1.807) is 36.0 Å². The monoisotopic (exact) mass is 498 g/mol. The molecule has 0 radical (unpaired) electrons. The molecule has 4 rings (SSSR count). The Kier molecular flexibility index (Phi) is 8.31. The van der Waals surface area contributed by atoms with Crippen LogP contribution in [0.1, 0.15) is 43.2 Å².